The van der Waals surface area contributed by atoms with Crippen LogP contribution in [0.2, 0.25) is 0 Å². The first-order valence-corrected chi connectivity index (χ1v) is 4.09. The number of ether oxygens (including phenoxy) is 2. The van der Waals surface area contributed by atoms with E-state index in [0.29, 0.717) is 0 Å². The molecule has 1 aromatic rings. The molecule has 1 rings (SSSR count). The quantitative estimate of drug-likeness (QED) is 0.757. The van der Waals surface area contributed by atoms with Gasteiger partial charge in [-0.05, 0) is 12.1 Å². The molecule has 0 fully saturated rings. The van der Waals surface area contributed by atoms with Crippen molar-refractivity contribution >= 4 is 12.2 Å². The van der Waals surface area contributed by atoms with Crippen LogP contribution in [0, 0.1) is 0 Å². The number of nitrogens with two attached hydrogens (primary N) is 1. The van der Waals surface area contributed by atoms with Crippen molar-refractivity contribution in [3.63, 3.8) is 0 Å². The van der Waals surface area contributed by atoms with Gasteiger partial charge in [-0.3, -0.25) is 0 Å². The number of carbonyl (C=O) groups excluding carboxylic acids is 2. The lowest BCUT2D eigenvalue weighted by molar-refractivity contribution is 0.195. The summed E-state index contributed by atoms with van der Waals surface area (Å²) in [5, 5.41) is 2.26. The maximum absolute atomic E-state index is 10.9. The molecule has 0 saturated carbocycles. The van der Waals surface area contributed by atoms with Gasteiger partial charge in [0.1, 0.15) is 0 Å². The van der Waals surface area contributed by atoms with E-state index in [-0.39, 0.29) is 11.5 Å². The summed E-state index contributed by atoms with van der Waals surface area (Å²) in [7, 11) is 1.42. The first kappa shape index (κ1) is 10.8. The van der Waals surface area contributed by atoms with Gasteiger partial charge in [0, 0.05) is 7.05 Å². The van der Waals surface area contributed by atoms with Crippen LogP contribution in [0.4, 0.5) is 9.59 Å². The number of primary amides is 1. The van der Waals surface area contributed by atoms with Gasteiger partial charge in [0.05, 0.1) is 0 Å². The fraction of sp³-hybridized carbons (Fsp3) is 0.111. The summed E-state index contributed by atoms with van der Waals surface area (Å²) in [4.78, 5) is 21.4. The summed E-state index contributed by atoms with van der Waals surface area (Å²) >= 11 is 0. The average molecular weight is 210 g/mol. The largest absolute Gasteiger partial charge is 0.412 e. The molecule has 15 heavy (non-hydrogen) atoms. The van der Waals surface area contributed by atoms with Crippen molar-refractivity contribution < 1.29 is 19.1 Å². The van der Waals surface area contributed by atoms with Gasteiger partial charge in [0.15, 0.2) is 11.5 Å². The Bertz CT molecular complexity index is 378. The molecule has 0 heterocycles. The number of hydrogen-bond donors (Lipinski definition) is 2. The lowest BCUT2D eigenvalue weighted by Gasteiger charge is -2.07. The van der Waals surface area contributed by atoms with Crippen molar-refractivity contribution in [1.29, 1.82) is 0 Å². The third-order valence-electron chi connectivity index (χ3n) is 1.47. The maximum atomic E-state index is 10.9. The second-order valence-electron chi connectivity index (χ2n) is 2.51. The molecule has 0 aliphatic heterocycles. The lowest BCUT2D eigenvalue weighted by Crippen LogP contribution is -2.23. The molecule has 0 spiro atoms. The van der Waals surface area contributed by atoms with Crippen LogP contribution in [0.1, 0.15) is 0 Å². The van der Waals surface area contributed by atoms with Crippen LogP contribution in [0.15, 0.2) is 24.3 Å². The van der Waals surface area contributed by atoms with E-state index in [9.17, 15) is 9.59 Å². The highest BCUT2D eigenvalue weighted by Gasteiger charge is 2.09. The van der Waals surface area contributed by atoms with Crippen LogP contribution in [0.25, 0.3) is 0 Å². The van der Waals surface area contributed by atoms with E-state index in [2.05, 4.69) is 10.1 Å². The molecule has 6 heteroatoms. The van der Waals surface area contributed by atoms with E-state index in [0.717, 1.165) is 0 Å². The molecule has 0 aliphatic rings. The Kier molecular flexibility index (Phi) is 3.50. The number of nitrogens with one attached hydrogen (secondary N) is 1. The monoisotopic (exact) mass is 210 g/mol. The zero-order valence-corrected chi connectivity index (χ0v) is 8.02. The van der Waals surface area contributed by atoms with E-state index in [1.54, 1.807) is 12.1 Å². The fourth-order valence-electron chi connectivity index (χ4n) is 0.878. The summed E-state index contributed by atoms with van der Waals surface area (Å²) in [6.45, 7) is 0. The van der Waals surface area contributed by atoms with E-state index in [1.807, 2.05) is 0 Å². The number of carbonyl (C=O) groups is 2. The smallest absolute Gasteiger partial charge is 0.406 e. The molecule has 0 aromatic heterocycles. The summed E-state index contributed by atoms with van der Waals surface area (Å²) in [6.07, 6.45) is -1.63. The number of amides is 2. The minimum Gasteiger partial charge on any atom is -0.406 e. The second-order valence-corrected chi connectivity index (χ2v) is 2.51. The molecule has 0 aliphatic carbocycles. The number of rotatable bonds is 2. The van der Waals surface area contributed by atoms with Crippen LogP contribution < -0.4 is 20.5 Å². The zero-order chi connectivity index (χ0) is 11.3. The van der Waals surface area contributed by atoms with Crippen LogP contribution in [-0.4, -0.2) is 19.2 Å². The van der Waals surface area contributed by atoms with E-state index in [1.165, 1.54) is 19.2 Å². The van der Waals surface area contributed by atoms with E-state index >= 15 is 0 Å². The summed E-state index contributed by atoms with van der Waals surface area (Å²) in [5.41, 5.74) is 4.84. The standard InChI is InChI=1S/C9H10N2O4/c1-11-9(13)15-7-5-3-2-4-6(7)14-8(10)12/h2-5H,1H3,(H2,10,12)(H,11,13). The highest BCUT2D eigenvalue weighted by molar-refractivity contribution is 5.73. The van der Waals surface area contributed by atoms with Gasteiger partial charge in [0.2, 0.25) is 0 Å². The molecular weight excluding hydrogens is 200 g/mol. The number of para-hydroxylation sites is 2. The molecule has 0 bridgehead atoms. The lowest BCUT2D eigenvalue weighted by atomic mass is 10.3. The summed E-state index contributed by atoms with van der Waals surface area (Å²) in [6, 6.07) is 6.19. The van der Waals surface area contributed by atoms with Crippen LogP contribution in [0.3, 0.4) is 0 Å². The highest BCUT2D eigenvalue weighted by atomic mass is 16.6. The van der Waals surface area contributed by atoms with Crippen molar-refractivity contribution in [2.45, 2.75) is 0 Å². The van der Waals surface area contributed by atoms with Crippen LogP contribution in [0.5, 0.6) is 11.5 Å². The Hall–Kier alpha value is -2.24. The van der Waals surface area contributed by atoms with Gasteiger partial charge in [-0.25, -0.2) is 9.59 Å². The van der Waals surface area contributed by atoms with E-state index < -0.39 is 12.2 Å². The van der Waals surface area contributed by atoms with Gasteiger partial charge in [-0.1, -0.05) is 12.1 Å². The molecule has 0 radical (unpaired) electrons. The Labute approximate surface area is 86.0 Å². The van der Waals surface area contributed by atoms with Crippen molar-refractivity contribution in [2.24, 2.45) is 5.73 Å². The minimum absolute atomic E-state index is 0.0913. The topological polar surface area (TPSA) is 90.7 Å². The molecule has 3 N–H and O–H groups in total. The van der Waals surface area contributed by atoms with Gasteiger partial charge >= 0.3 is 12.2 Å². The van der Waals surface area contributed by atoms with Gasteiger partial charge < -0.3 is 20.5 Å². The molecular formula is C9H10N2O4. The summed E-state index contributed by atoms with van der Waals surface area (Å²) in [5.74, 6) is 0.212. The van der Waals surface area contributed by atoms with Gasteiger partial charge in [0.25, 0.3) is 0 Å². The Morgan fingerprint density at radius 3 is 2.20 bits per heavy atom. The zero-order valence-electron chi connectivity index (χ0n) is 8.02. The van der Waals surface area contributed by atoms with Crippen molar-refractivity contribution in [1.82, 2.24) is 5.32 Å². The molecule has 6 nitrogen and oxygen atoms in total. The number of hydrogen-bond acceptors (Lipinski definition) is 4. The number of benzene rings is 1. The van der Waals surface area contributed by atoms with E-state index in [4.69, 9.17) is 10.5 Å². The third-order valence-corrected chi connectivity index (χ3v) is 1.47. The molecule has 0 unspecified atom stereocenters. The fourth-order valence-corrected chi connectivity index (χ4v) is 0.878. The molecule has 0 saturated heterocycles. The Balaban J connectivity index is 2.85. The average Bonchev–Trinajstić information content (AvgIpc) is 2.20. The molecule has 0 atom stereocenters. The maximum Gasteiger partial charge on any atom is 0.412 e. The molecule has 1 aromatic carbocycles. The highest BCUT2D eigenvalue weighted by Crippen LogP contribution is 2.26. The Morgan fingerprint density at radius 2 is 1.73 bits per heavy atom. The van der Waals surface area contributed by atoms with Crippen molar-refractivity contribution in [3.05, 3.63) is 24.3 Å². The predicted molar refractivity (Wildman–Crippen MR) is 51.7 cm³/mol. The normalized spacial score (nSPS) is 9.13. The van der Waals surface area contributed by atoms with Crippen LogP contribution >= 0.6 is 0 Å². The third kappa shape index (κ3) is 3.18. The first-order chi connectivity index (χ1) is 7.13. The minimum atomic E-state index is -0.969. The first-order valence-electron chi connectivity index (χ1n) is 4.09. The second kappa shape index (κ2) is 4.85. The Morgan fingerprint density at radius 1 is 1.20 bits per heavy atom. The SMILES string of the molecule is CNC(=O)Oc1ccccc1OC(N)=O. The predicted octanol–water partition coefficient (Wildman–Crippen LogP) is 0.862. The van der Waals surface area contributed by atoms with Crippen LogP contribution in [-0.2, 0) is 0 Å². The molecule has 2 amide bonds. The van der Waals surface area contributed by atoms with Gasteiger partial charge in [-0.15, -0.1) is 0 Å². The van der Waals surface area contributed by atoms with Crippen molar-refractivity contribution in [2.75, 3.05) is 7.05 Å². The molecule has 80 valence electrons. The van der Waals surface area contributed by atoms with Gasteiger partial charge in [-0.2, -0.15) is 0 Å². The van der Waals surface area contributed by atoms with Crippen molar-refractivity contribution in [3.8, 4) is 11.5 Å². The summed E-state index contributed by atoms with van der Waals surface area (Å²) < 4.78 is 9.44.